The van der Waals surface area contributed by atoms with Gasteiger partial charge in [-0.25, -0.2) is 13.6 Å². The number of rotatable bonds is 6. The molecule has 0 radical (unpaired) electrons. The molecule has 11 nitrogen and oxygen atoms in total. The largest absolute Gasteiger partial charge is 0.508 e. The van der Waals surface area contributed by atoms with Crippen molar-refractivity contribution in [2.45, 2.75) is 10.9 Å². The maximum absolute atomic E-state index is 13.8. The van der Waals surface area contributed by atoms with Crippen molar-refractivity contribution in [2.75, 3.05) is 34.8 Å². The molecule has 208 valence electrons. The molecule has 1 aliphatic rings. The van der Waals surface area contributed by atoms with Gasteiger partial charge in [0.25, 0.3) is 0 Å². The van der Waals surface area contributed by atoms with E-state index >= 15 is 0 Å². The normalized spacial score (nSPS) is 15.7. The van der Waals surface area contributed by atoms with Gasteiger partial charge < -0.3 is 20.2 Å². The first kappa shape index (κ1) is 26.3. The van der Waals surface area contributed by atoms with Gasteiger partial charge in [-0.3, -0.25) is 4.79 Å². The Morgan fingerprint density at radius 1 is 0.902 bits per heavy atom. The Balaban J connectivity index is 1.27. The number of primary sulfonamides is 1. The van der Waals surface area contributed by atoms with E-state index in [0.29, 0.717) is 42.0 Å². The molecule has 6 rings (SSSR count). The fraction of sp³-hybridized carbons (Fsp3) is 0.138. The van der Waals surface area contributed by atoms with Crippen LogP contribution in [0.3, 0.4) is 0 Å². The number of anilines is 3. The maximum atomic E-state index is 13.8. The zero-order chi connectivity index (χ0) is 28.6. The van der Waals surface area contributed by atoms with Crippen molar-refractivity contribution in [3.8, 4) is 16.9 Å². The van der Waals surface area contributed by atoms with E-state index in [1.165, 1.54) is 6.07 Å². The van der Waals surface area contributed by atoms with Crippen LogP contribution >= 0.6 is 0 Å². The highest BCUT2D eigenvalue weighted by atomic mass is 32.2. The van der Waals surface area contributed by atoms with Gasteiger partial charge in [0.1, 0.15) is 22.8 Å². The van der Waals surface area contributed by atoms with E-state index in [-0.39, 0.29) is 16.6 Å². The summed E-state index contributed by atoms with van der Waals surface area (Å²) in [5.74, 6) is -0.0239. The van der Waals surface area contributed by atoms with Crippen LogP contribution in [0.1, 0.15) is 0 Å². The van der Waals surface area contributed by atoms with Crippen molar-refractivity contribution in [1.29, 1.82) is 0 Å². The van der Waals surface area contributed by atoms with E-state index in [1.807, 2.05) is 30.3 Å². The highest BCUT2D eigenvalue weighted by Crippen LogP contribution is 2.30. The number of phenols is 1. The summed E-state index contributed by atoms with van der Waals surface area (Å²) < 4.78 is 24.1. The van der Waals surface area contributed by atoms with Gasteiger partial charge in [-0.1, -0.05) is 30.3 Å². The van der Waals surface area contributed by atoms with E-state index < -0.39 is 16.1 Å². The van der Waals surface area contributed by atoms with Crippen LogP contribution in [0, 0.1) is 0 Å². The van der Waals surface area contributed by atoms with Crippen LogP contribution in [-0.2, 0) is 14.8 Å². The number of fused-ring (bicyclic) bond motifs is 1. The molecule has 1 aliphatic heterocycles. The van der Waals surface area contributed by atoms with E-state index in [2.05, 4.69) is 30.5 Å². The molecule has 2 heterocycles. The second kappa shape index (κ2) is 10.6. The number of aromatic nitrogens is 3. The lowest BCUT2D eigenvalue weighted by molar-refractivity contribution is -0.117. The molecule has 0 bridgehead atoms. The van der Waals surface area contributed by atoms with Crippen molar-refractivity contribution >= 4 is 44.0 Å². The molecular weight excluding hydrogens is 542 g/mol. The zero-order valence-electron chi connectivity index (χ0n) is 21.8. The lowest BCUT2D eigenvalue weighted by Gasteiger charge is -2.42. The second-order valence-electron chi connectivity index (χ2n) is 9.78. The number of aromatic hydroxyl groups is 1. The van der Waals surface area contributed by atoms with Crippen molar-refractivity contribution < 1.29 is 18.3 Å². The Morgan fingerprint density at radius 3 is 2.37 bits per heavy atom. The van der Waals surface area contributed by atoms with Gasteiger partial charge in [-0.2, -0.15) is 15.4 Å². The lowest BCUT2D eigenvalue weighted by atomic mass is 10.0. The molecule has 0 saturated carbocycles. The number of amides is 1. The Labute approximate surface area is 236 Å². The number of sulfonamides is 1. The molecule has 1 atom stereocenters. The van der Waals surface area contributed by atoms with Crippen molar-refractivity contribution in [3.63, 3.8) is 0 Å². The molecule has 1 amide bonds. The number of aromatic amines is 1. The summed E-state index contributed by atoms with van der Waals surface area (Å²) in [7, 11) is -3.90. The average Bonchev–Trinajstić information content (AvgIpc) is 3.45. The molecule has 1 unspecified atom stereocenters. The number of H-pyrrole nitrogens is 1. The summed E-state index contributed by atoms with van der Waals surface area (Å²) in [6.45, 7) is 1.66. The fourth-order valence-corrected chi connectivity index (χ4v) is 5.89. The third kappa shape index (κ3) is 5.42. The number of nitrogens with one attached hydrogen (secondary N) is 2. The molecular formula is C29H27N7O4S. The number of carbonyl (C=O) groups excluding carboxylic acids is 1. The molecule has 41 heavy (non-hydrogen) atoms. The third-order valence-corrected chi connectivity index (χ3v) is 8.16. The Bertz CT molecular complexity index is 1820. The summed E-state index contributed by atoms with van der Waals surface area (Å²) in [6, 6.07) is 25.6. The van der Waals surface area contributed by atoms with Gasteiger partial charge in [-0.05, 0) is 66.2 Å². The first-order valence-corrected chi connectivity index (χ1v) is 14.5. The molecule has 1 fully saturated rings. The third-order valence-electron chi connectivity index (χ3n) is 7.19. The molecule has 0 aliphatic carbocycles. The number of benzene rings is 4. The Morgan fingerprint density at radius 2 is 1.61 bits per heavy atom. The van der Waals surface area contributed by atoms with Crippen LogP contribution in [0.4, 0.5) is 17.1 Å². The minimum atomic E-state index is -3.90. The molecule has 5 aromatic rings. The first-order chi connectivity index (χ1) is 19.8. The van der Waals surface area contributed by atoms with Gasteiger partial charge in [0.15, 0.2) is 0 Å². The lowest BCUT2D eigenvalue weighted by Crippen LogP contribution is -2.58. The number of carbonyl (C=O) groups is 1. The number of piperazine rings is 1. The van der Waals surface area contributed by atoms with Crippen molar-refractivity contribution in [1.82, 2.24) is 15.4 Å². The Kier molecular flexibility index (Phi) is 6.77. The molecule has 0 spiro atoms. The van der Waals surface area contributed by atoms with Crippen LogP contribution in [0.15, 0.2) is 95.9 Å². The SMILES string of the molecule is NS(=O)(=O)c1ccccc1-c1ccc(NC(=O)C2CN(c3ccc(O)cc3)CCN2c2ccc3n[nH]nc3c2)cc1. The van der Waals surface area contributed by atoms with Crippen LogP contribution < -0.4 is 20.3 Å². The van der Waals surface area contributed by atoms with E-state index in [4.69, 9.17) is 5.14 Å². The van der Waals surface area contributed by atoms with Gasteiger partial charge in [0.05, 0.1) is 4.90 Å². The first-order valence-electron chi connectivity index (χ1n) is 12.9. The number of hydrogen-bond donors (Lipinski definition) is 4. The standard InChI is InChI=1S/C29H27N7O4S/c30-41(39,40)28-4-2-1-3-24(28)19-5-7-20(8-6-19)31-29(38)27-18-35(21-9-12-23(37)13-10-21)15-16-36(27)22-11-14-25-26(17-22)33-34-32-25/h1-14,17,27,37H,15-16,18H2,(H,31,38)(H2,30,39,40)(H,32,33,34). The van der Waals surface area contributed by atoms with Crippen molar-refractivity contribution in [3.05, 3.63) is 91.0 Å². The van der Waals surface area contributed by atoms with Crippen molar-refractivity contribution in [2.24, 2.45) is 5.14 Å². The van der Waals surface area contributed by atoms with Gasteiger partial charge in [0.2, 0.25) is 15.9 Å². The maximum Gasteiger partial charge on any atom is 0.248 e. The summed E-state index contributed by atoms with van der Waals surface area (Å²) >= 11 is 0. The summed E-state index contributed by atoms with van der Waals surface area (Å²) in [4.78, 5) is 18.0. The molecule has 1 saturated heterocycles. The van der Waals surface area contributed by atoms with E-state index in [0.717, 1.165) is 16.9 Å². The summed E-state index contributed by atoms with van der Waals surface area (Å²) in [6.07, 6.45) is 0. The number of nitrogens with two attached hydrogens (primary N) is 1. The predicted octanol–water partition coefficient (Wildman–Crippen LogP) is 3.31. The van der Waals surface area contributed by atoms with E-state index in [9.17, 15) is 18.3 Å². The fourth-order valence-electron chi connectivity index (χ4n) is 5.13. The van der Waals surface area contributed by atoms with Gasteiger partial charge >= 0.3 is 0 Å². The van der Waals surface area contributed by atoms with Crippen LogP contribution in [0.25, 0.3) is 22.2 Å². The molecule has 1 aromatic heterocycles. The highest BCUT2D eigenvalue weighted by Gasteiger charge is 2.33. The second-order valence-corrected chi connectivity index (χ2v) is 11.3. The molecule has 5 N–H and O–H groups in total. The smallest absolute Gasteiger partial charge is 0.248 e. The molecule has 4 aromatic carbocycles. The summed E-state index contributed by atoms with van der Waals surface area (Å²) in [5.41, 5.74) is 4.92. The summed E-state index contributed by atoms with van der Waals surface area (Å²) in [5, 5.41) is 29.1. The predicted molar refractivity (Wildman–Crippen MR) is 157 cm³/mol. The number of nitrogens with zero attached hydrogens (tertiary/aromatic N) is 4. The highest BCUT2D eigenvalue weighted by molar-refractivity contribution is 7.89. The van der Waals surface area contributed by atoms with E-state index in [1.54, 1.807) is 54.6 Å². The average molecular weight is 570 g/mol. The zero-order valence-corrected chi connectivity index (χ0v) is 22.6. The van der Waals surface area contributed by atoms with Gasteiger partial charge in [0, 0.05) is 42.3 Å². The molecule has 12 heteroatoms. The van der Waals surface area contributed by atoms with Crippen LogP contribution in [-0.4, -0.2) is 60.5 Å². The Hall–Kier alpha value is -4.94. The monoisotopic (exact) mass is 569 g/mol. The minimum Gasteiger partial charge on any atom is -0.508 e. The van der Waals surface area contributed by atoms with Crippen LogP contribution in [0.5, 0.6) is 5.75 Å². The minimum absolute atomic E-state index is 0.0352. The topological polar surface area (TPSA) is 158 Å². The number of hydrogen-bond acceptors (Lipinski definition) is 8. The number of phenolic OH excluding ortho intramolecular Hbond substituents is 1. The van der Waals surface area contributed by atoms with Gasteiger partial charge in [-0.15, -0.1) is 0 Å². The van der Waals surface area contributed by atoms with Crippen LogP contribution in [0.2, 0.25) is 0 Å². The quantitative estimate of drug-likeness (QED) is 0.243.